The Balaban J connectivity index is 5.23. The Morgan fingerprint density at radius 1 is 1.00 bits per heavy atom. The van der Waals surface area contributed by atoms with E-state index in [2.05, 4.69) is 10.6 Å². The van der Waals surface area contributed by atoms with Gasteiger partial charge < -0.3 is 37.6 Å². The third kappa shape index (κ3) is 8.77. The lowest BCUT2D eigenvalue weighted by Gasteiger charge is -2.26. The van der Waals surface area contributed by atoms with Crippen LogP contribution in [0.4, 0.5) is 0 Å². The van der Waals surface area contributed by atoms with E-state index in [0.717, 1.165) is 0 Å². The van der Waals surface area contributed by atoms with Crippen molar-refractivity contribution in [3.8, 4) is 0 Å². The fraction of sp³-hybridized carbons (Fsp3) is 0.688. The van der Waals surface area contributed by atoms with E-state index >= 15 is 0 Å². The highest BCUT2D eigenvalue weighted by molar-refractivity contribution is 5.95. The van der Waals surface area contributed by atoms with Gasteiger partial charge in [0.2, 0.25) is 23.6 Å². The number of amides is 4. The van der Waals surface area contributed by atoms with Crippen molar-refractivity contribution in [2.45, 2.75) is 57.8 Å². The van der Waals surface area contributed by atoms with Crippen LogP contribution in [0.5, 0.6) is 0 Å². The molecule has 12 nitrogen and oxygen atoms in total. The van der Waals surface area contributed by atoms with Gasteiger partial charge in [-0.1, -0.05) is 20.3 Å². The number of rotatable bonds is 12. The molecule has 160 valence electrons. The number of hydrogen-bond donors (Lipinski definition) is 7. The number of carboxylic acids is 1. The molecular weight excluding hydrogens is 374 g/mol. The molecule has 28 heavy (non-hydrogen) atoms. The van der Waals surface area contributed by atoms with E-state index < -0.39 is 66.8 Å². The van der Waals surface area contributed by atoms with Gasteiger partial charge in [0.1, 0.15) is 18.6 Å². The van der Waals surface area contributed by atoms with Gasteiger partial charge in [0.25, 0.3) is 0 Å². The van der Waals surface area contributed by atoms with E-state index in [0.29, 0.717) is 6.42 Å². The van der Waals surface area contributed by atoms with Gasteiger partial charge in [-0.25, -0.2) is 0 Å². The first kappa shape index (κ1) is 25.3. The summed E-state index contributed by atoms with van der Waals surface area (Å²) in [5.74, 6) is -5.02. The SMILES string of the molecule is CCC(C)C(N)C(=O)NC(C(=O)NC(CC(N)=O)C(=O)NCC(=O)O)C(C)O. The van der Waals surface area contributed by atoms with Crippen LogP contribution >= 0.6 is 0 Å². The third-order valence-corrected chi connectivity index (χ3v) is 4.07. The number of carbonyl (C=O) groups excluding carboxylic acids is 4. The van der Waals surface area contributed by atoms with Crippen LogP contribution in [0.25, 0.3) is 0 Å². The molecule has 4 amide bonds. The maximum atomic E-state index is 12.4. The molecule has 0 aliphatic rings. The first-order valence-corrected chi connectivity index (χ1v) is 8.72. The maximum Gasteiger partial charge on any atom is 0.322 e. The van der Waals surface area contributed by atoms with Gasteiger partial charge in [-0.05, 0) is 12.8 Å². The fourth-order valence-electron chi connectivity index (χ4n) is 2.12. The predicted octanol–water partition coefficient (Wildman–Crippen LogP) is -3.21. The summed E-state index contributed by atoms with van der Waals surface area (Å²) in [7, 11) is 0. The molecule has 0 bridgehead atoms. The highest BCUT2D eigenvalue weighted by Gasteiger charge is 2.32. The largest absolute Gasteiger partial charge is 0.480 e. The number of nitrogens with two attached hydrogens (primary N) is 2. The number of aliphatic carboxylic acids is 1. The molecular formula is C16H29N5O7. The van der Waals surface area contributed by atoms with Crippen LogP contribution in [-0.4, -0.2) is 70.6 Å². The average Bonchev–Trinajstić information content (AvgIpc) is 2.60. The van der Waals surface area contributed by atoms with Crippen molar-refractivity contribution >= 4 is 29.6 Å². The quantitative estimate of drug-likeness (QED) is 0.175. The van der Waals surface area contributed by atoms with E-state index in [-0.39, 0.29) is 5.92 Å². The zero-order valence-electron chi connectivity index (χ0n) is 16.1. The molecule has 0 saturated heterocycles. The Morgan fingerprint density at radius 3 is 2.00 bits per heavy atom. The molecule has 5 atom stereocenters. The van der Waals surface area contributed by atoms with Gasteiger partial charge in [0.15, 0.2) is 0 Å². The third-order valence-electron chi connectivity index (χ3n) is 4.07. The summed E-state index contributed by atoms with van der Waals surface area (Å²) in [5.41, 5.74) is 10.8. The molecule has 0 spiro atoms. The molecule has 0 aromatic heterocycles. The van der Waals surface area contributed by atoms with Crippen molar-refractivity contribution in [2.24, 2.45) is 17.4 Å². The number of carboxylic acid groups (broad SMARTS) is 1. The molecule has 12 heteroatoms. The van der Waals surface area contributed by atoms with Gasteiger partial charge in [-0.3, -0.25) is 24.0 Å². The molecule has 0 aromatic rings. The average molecular weight is 403 g/mol. The summed E-state index contributed by atoms with van der Waals surface area (Å²) < 4.78 is 0. The summed E-state index contributed by atoms with van der Waals surface area (Å²) in [6.45, 7) is 4.09. The highest BCUT2D eigenvalue weighted by Crippen LogP contribution is 2.06. The number of nitrogens with one attached hydrogen (secondary N) is 3. The number of primary amides is 1. The standard InChI is InChI=1S/C16H29N5O7/c1-4-7(2)12(18)15(27)21-13(8(3)22)16(28)20-9(5-10(17)23)14(26)19-6-11(24)25/h7-9,12-13,22H,4-6,18H2,1-3H3,(H2,17,23)(H,19,26)(H,20,28)(H,21,27)(H,24,25). The number of carbonyl (C=O) groups is 5. The Labute approximate surface area is 162 Å². The number of aliphatic hydroxyl groups is 1. The monoisotopic (exact) mass is 403 g/mol. The topological polar surface area (TPSA) is 214 Å². The van der Waals surface area contributed by atoms with Gasteiger partial charge >= 0.3 is 5.97 Å². The van der Waals surface area contributed by atoms with Gasteiger partial charge in [0.05, 0.1) is 18.6 Å². The van der Waals surface area contributed by atoms with E-state index in [4.69, 9.17) is 16.6 Å². The Morgan fingerprint density at radius 2 is 1.57 bits per heavy atom. The lowest BCUT2D eigenvalue weighted by Crippen LogP contribution is -2.60. The van der Waals surface area contributed by atoms with Crippen molar-refractivity contribution in [2.75, 3.05) is 6.54 Å². The van der Waals surface area contributed by atoms with E-state index in [9.17, 15) is 29.1 Å². The molecule has 0 aliphatic carbocycles. The van der Waals surface area contributed by atoms with Crippen molar-refractivity contribution in [3.63, 3.8) is 0 Å². The Bertz CT molecular complexity index is 596. The van der Waals surface area contributed by atoms with Crippen LogP contribution in [0.2, 0.25) is 0 Å². The first-order valence-electron chi connectivity index (χ1n) is 8.72. The van der Waals surface area contributed by atoms with Crippen LogP contribution in [0.1, 0.15) is 33.6 Å². The second-order valence-corrected chi connectivity index (χ2v) is 6.48. The van der Waals surface area contributed by atoms with E-state index in [1.165, 1.54) is 6.92 Å². The summed E-state index contributed by atoms with van der Waals surface area (Å²) in [6, 6.07) is -3.85. The van der Waals surface area contributed by atoms with Gasteiger partial charge in [-0.2, -0.15) is 0 Å². The zero-order chi connectivity index (χ0) is 22.0. The van der Waals surface area contributed by atoms with Crippen molar-refractivity contribution < 1.29 is 34.2 Å². The maximum absolute atomic E-state index is 12.4. The van der Waals surface area contributed by atoms with Gasteiger partial charge in [0, 0.05) is 0 Å². The normalized spacial score (nSPS) is 16.0. The van der Waals surface area contributed by atoms with Gasteiger partial charge in [-0.15, -0.1) is 0 Å². The summed E-state index contributed by atoms with van der Waals surface area (Å²) in [4.78, 5) is 58.3. The van der Waals surface area contributed by atoms with Crippen LogP contribution in [-0.2, 0) is 24.0 Å². The molecule has 0 aliphatic heterocycles. The van der Waals surface area contributed by atoms with Crippen LogP contribution in [0.15, 0.2) is 0 Å². The minimum absolute atomic E-state index is 0.179. The highest BCUT2D eigenvalue weighted by atomic mass is 16.4. The molecule has 0 fully saturated rings. The number of hydrogen-bond acceptors (Lipinski definition) is 7. The number of aliphatic hydroxyl groups excluding tert-OH is 1. The molecule has 0 saturated carbocycles. The Hall–Kier alpha value is -2.73. The smallest absolute Gasteiger partial charge is 0.322 e. The first-order chi connectivity index (χ1) is 12.9. The molecule has 9 N–H and O–H groups in total. The Kier molecular flexibility index (Phi) is 10.7. The second-order valence-electron chi connectivity index (χ2n) is 6.48. The molecule has 0 aromatic carbocycles. The minimum Gasteiger partial charge on any atom is -0.480 e. The summed E-state index contributed by atoms with van der Waals surface area (Å²) in [6.07, 6.45) is -1.33. The zero-order valence-corrected chi connectivity index (χ0v) is 16.1. The lowest BCUT2D eigenvalue weighted by atomic mass is 9.98. The summed E-state index contributed by atoms with van der Waals surface area (Å²) in [5, 5.41) is 24.9. The van der Waals surface area contributed by atoms with Crippen LogP contribution in [0, 0.1) is 5.92 Å². The van der Waals surface area contributed by atoms with Crippen molar-refractivity contribution in [3.05, 3.63) is 0 Å². The van der Waals surface area contributed by atoms with Crippen LogP contribution in [0.3, 0.4) is 0 Å². The van der Waals surface area contributed by atoms with Crippen LogP contribution < -0.4 is 27.4 Å². The van der Waals surface area contributed by atoms with E-state index in [1.54, 1.807) is 6.92 Å². The fourth-order valence-corrected chi connectivity index (χ4v) is 2.12. The minimum atomic E-state index is -1.48. The molecule has 0 heterocycles. The molecule has 0 radical (unpaired) electrons. The van der Waals surface area contributed by atoms with Crippen molar-refractivity contribution in [1.82, 2.24) is 16.0 Å². The van der Waals surface area contributed by atoms with Crippen molar-refractivity contribution in [1.29, 1.82) is 0 Å². The lowest BCUT2D eigenvalue weighted by molar-refractivity contribution is -0.139. The summed E-state index contributed by atoms with van der Waals surface area (Å²) >= 11 is 0. The second kappa shape index (κ2) is 11.9. The van der Waals surface area contributed by atoms with E-state index in [1.807, 2.05) is 12.2 Å². The predicted molar refractivity (Wildman–Crippen MR) is 97.4 cm³/mol. The molecule has 0 rings (SSSR count). The molecule has 5 unspecified atom stereocenters.